The Bertz CT molecular complexity index is 435. The molecule has 5 heteroatoms. The molecule has 1 aromatic carbocycles. The summed E-state index contributed by atoms with van der Waals surface area (Å²) in [6, 6.07) is 7.07. The lowest BCUT2D eigenvalue weighted by Gasteiger charge is -2.05. The molecule has 15 heavy (non-hydrogen) atoms. The Balaban J connectivity index is 2.03. The van der Waals surface area contributed by atoms with E-state index in [1.807, 2.05) is 0 Å². The van der Waals surface area contributed by atoms with Crippen LogP contribution in [0.3, 0.4) is 0 Å². The van der Waals surface area contributed by atoms with Crippen LogP contribution >= 0.6 is 0 Å². The molecule has 0 saturated heterocycles. The zero-order valence-corrected chi connectivity index (χ0v) is 9.13. The predicted molar refractivity (Wildman–Crippen MR) is 59.6 cm³/mol. The van der Waals surface area contributed by atoms with Crippen molar-refractivity contribution < 1.29 is 8.42 Å². The third-order valence-electron chi connectivity index (χ3n) is 2.26. The minimum Gasteiger partial charge on any atom is -0.399 e. The maximum atomic E-state index is 11.6. The molecule has 2 rings (SSSR count). The van der Waals surface area contributed by atoms with E-state index in [9.17, 15) is 8.42 Å². The Labute approximate surface area is 89.5 Å². The summed E-state index contributed by atoms with van der Waals surface area (Å²) in [6.07, 6.45) is 1.92. The first-order valence-corrected chi connectivity index (χ1v) is 6.55. The van der Waals surface area contributed by atoms with Crippen molar-refractivity contribution >= 4 is 15.7 Å². The first-order valence-electron chi connectivity index (χ1n) is 4.89. The van der Waals surface area contributed by atoms with Gasteiger partial charge < -0.3 is 5.73 Å². The van der Waals surface area contributed by atoms with Gasteiger partial charge >= 0.3 is 0 Å². The van der Waals surface area contributed by atoms with E-state index in [1.54, 1.807) is 24.3 Å². The van der Waals surface area contributed by atoms with Gasteiger partial charge in [-0.05, 0) is 30.5 Å². The van der Waals surface area contributed by atoms with Crippen LogP contribution in [-0.2, 0) is 15.8 Å². The molecular formula is C10H14N2O2S. The average molecular weight is 226 g/mol. The Kier molecular flexibility index (Phi) is 2.67. The lowest BCUT2D eigenvalue weighted by atomic mass is 10.2. The van der Waals surface area contributed by atoms with Crippen LogP contribution in [0.5, 0.6) is 0 Å². The van der Waals surface area contributed by atoms with E-state index in [-0.39, 0.29) is 11.8 Å². The Morgan fingerprint density at radius 2 is 1.87 bits per heavy atom. The number of sulfonamides is 1. The predicted octanol–water partition coefficient (Wildman–Crippen LogP) is 0.851. The van der Waals surface area contributed by atoms with Crippen molar-refractivity contribution in [2.45, 2.75) is 24.6 Å². The SMILES string of the molecule is Nc1ccc(CS(=O)(=O)NC2CC2)cc1. The highest BCUT2D eigenvalue weighted by atomic mass is 32.2. The Morgan fingerprint density at radius 3 is 2.40 bits per heavy atom. The lowest BCUT2D eigenvalue weighted by molar-refractivity contribution is 0.580. The van der Waals surface area contributed by atoms with Crippen LogP contribution in [0.4, 0.5) is 5.69 Å². The van der Waals surface area contributed by atoms with Gasteiger partial charge in [0.05, 0.1) is 5.75 Å². The topological polar surface area (TPSA) is 72.2 Å². The second kappa shape index (κ2) is 3.83. The zero-order valence-electron chi connectivity index (χ0n) is 8.31. The molecule has 0 unspecified atom stereocenters. The fraction of sp³-hybridized carbons (Fsp3) is 0.400. The molecule has 0 atom stereocenters. The molecule has 0 radical (unpaired) electrons. The van der Waals surface area contributed by atoms with Crippen molar-refractivity contribution in [1.29, 1.82) is 0 Å². The quantitative estimate of drug-likeness (QED) is 0.748. The van der Waals surface area contributed by atoms with Crippen molar-refractivity contribution in [3.8, 4) is 0 Å². The fourth-order valence-electron chi connectivity index (χ4n) is 1.33. The highest BCUT2D eigenvalue weighted by Crippen LogP contribution is 2.20. The summed E-state index contributed by atoms with van der Waals surface area (Å²) in [5, 5.41) is 0. The van der Waals surface area contributed by atoms with E-state index >= 15 is 0 Å². The van der Waals surface area contributed by atoms with Gasteiger partial charge in [-0.1, -0.05) is 12.1 Å². The number of nitrogen functional groups attached to an aromatic ring is 1. The van der Waals surface area contributed by atoms with Gasteiger partial charge in [-0.2, -0.15) is 0 Å². The zero-order chi connectivity index (χ0) is 10.9. The number of anilines is 1. The molecule has 1 fully saturated rings. The van der Waals surface area contributed by atoms with Crippen LogP contribution < -0.4 is 10.5 Å². The van der Waals surface area contributed by atoms with Gasteiger partial charge in [0.1, 0.15) is 0 Å². The fourth-order valence-corrected chi connectivity index (χ4v) is 2.79. The second-order valence-electron chi connectivity index (χ2n) is 3.89. The van der Waals surface area contributed by atoms with Crippen LogP contribution in [0, 0.1) is 0 Å². The Hall–Kier alpha value is -1.07. The molecule has 0 spiro atoms. The standard InChI is InChI=1S/C10H14N2O2S/c11-9-3-1-8(2-4-9)7-15(13,14)12-10-5-6-10/h1-4,10,12H,5-7,11H2. The van der Waals surface area contributed by atoms with E-state index in [1.165, 1.54) is 0 Å². The van der Waals surface area contributed by atoms with Crippen LogP contribution in [0.2, 0.25) is 0 Å². The van der Waals surface area contributed by atoms with Crippen LogP contribution in [-0.4, -0.2) is 14.5 Å². The smallest absolute Gasteiger partial charge is 0.216 e. The molecule has 0 aliphatic heterocycles. The van der Waals surface area contributed by atoms with Gasteiger partial charge in [0.2, 0.25) is 10.0 Å². The number of hydrogen-bond acceptors (Lipinski definition) is 3. The molecule has 0 bridgehead atoms. The number of rotatable bonds is 4. The van der Waals surface area contributed by atoms with Crippen LogP contribution in [0.25, 0.3) is 0 Å². The second-order valence-corrected chi connectivity index (χ2v) is 5.65. The van der Waals surface area contributed by atoms with Crippen molar-refractivity contribution in [3.63, 3.8) is 0 Å². The minimum atomic E-state index is -3.18. The third-order valence-corrected chi connectivity index (χ3v) is 3.67. The number of hydrogen-bond donors (Lipinski definition) is 2. The van der Waals surface area contributed by atoms with Crippen molar-refractivity contribution in [1.82, 2.24) is 4.72 Å². The third kappa shape index (κ3) is 3.21. The summed E-state index contributed by atoms with van der Waals surface area (Å²) in [7, 11) is -3.18. The molecule has 4 nitrogen and oxygen atoms in total. The van der Waals surface area contributed by atoms with Gasteiger partial charge in [-0.25, -0.2) is 13.1 Å². The van der Waals surface area contributed by atoms with Crippen LogP contribution in [0.15, 0.2) is 24.3 Å². The van der Waals surface area contributed by atoms with Gasteiger partial charge in [0.15, 0.2) is 0 Å². The maximum Gasteiger partial charge on any atom is 0.216 e. The molecule has 0 amide bonds. The molecule has 3 N–H and O–H groups in total. The van der Waals surface area contributed by atoms with Gasteiger partial charge in [0, 0.05) is 11.7 Å². The summed E-state index contributed by atoms with van der Waals surface area (Å²) in [4.78, 5) is 0. The Morgan fingerprint density at radius 1 is 1.27 bits per heavy atom. The number of nitrogens with one attached hydrogen (secondary N) is 1. The van der Waals surface area contributed by atoms with Gasteiger partial charge in [-0.15, -0.1) is 0 Å². The van der Waals surface area contributed by atoms with E-state index < -0.39 is 10.0 Å². The van der Waals surface area contributed by atoms with Crippen molar-refractivity contribution in [2.75, 3.05) is 5.73 Å². The summed E-state index contributed by atoms with van der Waals surface area (Å²) in [5.41, 5.74) is 6.92. The van der Waals surface area contributed by atoms with E-state index in [0.29, 0.717) is 5.69 Å². The highest BCUT2D eigenvalue weighted by Gasteiger charge is 2.26. The summed E-state index contributed by atoms with van der Waals surface area (Å²) < 4.78 is 25.8. The van der Waals surface area contributed by atoms with E-state index in [4.69, 9.17) is 5.73 Å². The molecule has 0 aromatic heterocycles. The first kappa shape index (κ1) is 10.4. The first-order chi connectivity index (χ1) is 7.05. The largest absolute Gasteiger partial charge is 0.399 e. The highest BCUT2D eigenvalue weighted by molar-refractivity contribution is 7.88. The minimum absolute atomic E-state index is 0.0315. The maximum absolute atomic E-state index is 11.6. The molecular weight excluding hydrogens is 212 g/mol. The summed E-state index contributed by atoms with van der Waals surface area (Å²) in [6.45, 7) is 0. The number of benzene rings is 1. The van der Waals surface area contributed by atoms with Crippen molar-refractivity contribution in [2.24, 2.45) is 0 Å². The summed E-state index contributed by atoms with van der Waals surface area (Å²) >= 11 is 0. The average Bonchev–Trinajstić information content (AvgIpc) is 2.91. The molecule has 0 heterocycles. The molecule has 1 aliphatic rings. The molecule has 82 valence electrons. The molecule has 1 aliphatic carbocycles. The van der Waals surface area contributed by atoms with E-state index in [0.717, 1.165) is 18.4 Å². The van der Waals surface area contributed by atoms with Crippen molar-refractivity contribution in [3.05, 3.63) is 29.8 Å². The lowest BCUT2D eigenvalue weighted by Crippen LogP contribution is -2.27. The van der Waals surface area contributed by atoms with Crippen LogP contribution in [0.1, 0.15) is 18.4 Å². The monoisotopic (exact) mass is 226 g/mol. The van der Waals surface area contributed by atoms with Gasteiger partial charge in [-0.3, -0.25) is 0 Å². The summed E-state index contributed by atoms with van der Waals surface area (Å²) in [5.74, 6) is 0.0315. The molecule has 1 aromatic rings. The number of nitrogens with two attached hydrogens (primary N) is 1. The van der Waals surface area contributed by atoms with Gasteiger partial charge in [0.25, 0.3) is 0 Å². The molecule has 1 saturated carbocycles. The normalized spacial score (nSPS) is 16.5. The van der Waals surface area contributed by atoms with E-state index in [2.05, 4.69) is 4.72 Å².